The fourth-order valence-electron chi connectivity index (χ4n) is 3.27. The summed E-state index contributed by atoms with van der Waals surface area (Å²) in [6.45, 7) is 5.20. The van der Waals surface area contributed by atoms with Crippen molar-refractivity contribution in [3.63, 3.8) is 0 Å². The number of Topliss-reactive ketones (excluding diaryl/α,β-unsaturated/α-hetero) is 1. The molecule has 5 nitrogen and oxygen atoms in total. The molecule has 6 heteroatoms. The van der Waals surface area contributed by atoms with E-state index in [0.29, 0.717) is 34.9 Å². The van der Waals surface area contributed by atoms with Crippen LogP contribution in [0.1, 0.15) is 54.3 Å². The van der Waals surface area contributed by atoms with Crippen LogP contribution in [-0.4, -0.2) is 18.2 Å². The first-order valence-electron chi connectivity index (χ1n) is 9.96. The summed E-state index contributed by atoms with van der Waals surface area (Å²) >= 11 is 1.47. The van der Waals surface area contributed by atoms with Crippen molar-refractivity contribution in [3.05, 3.63) is 86.8 Å². The maximum Gasteiger partial charge on any atom is 0.196 e. The van der Waals surface area contributed by atoms with Gasteiger partial charge in [-0.1, -0.05) is 59.7 Å². The molecule has 2 aromatic carbocycles. The number of carbonyl (C=O) groups excluding carboxylic acids is 2. The average molecular weight is 433 g/mol. The molecule has 0 unspecified atom stereocenters. The van der Waals surface area contributed by atoms with Gasteiger partial charge in [0.05, 0.1) is 36.3 Å². The molecule has 0 amide bonds. The number of hydrogen-bond donors (Lipinski definition) is 1. The zero-order chi connectivity index (χ0) is 22.4. The van der Waals surface area contributed by atoms with E-state index in [2.05, 4.69) is 0 Å². The molecule has 2 N–H and O–H groups in total. The Balaban J connectivity index is 0.000000196. The standard InChI is InChI=1S/C15H15NO2S.C10H9NO/c1-9-2-4-10(5-3-9)14(17)13-11-6-7-18-8-12(11)19-15(13)16;1-8-2-4-9(5-3-8)10(12)6-7-11/h2-5H,6-8,16H2,1H3;2-5H,6H2,1H3. The van der Waals surface area contributed by atoms with Crippen molar-refractivity contribution in [1.29, 1.82) is 5.26 Å². The lowest BCUT2D eigenvalue weighted by Gasteiger charge is -2.13. The number of benzene rings is 2. The number of fused-ring (bicyclic) bond motifs is 1. The number of carbonyl (C=O) groups is 2. The SMILES string of the molecule is Cc1ccc(C(=O)CC#N)cc1.Cc1ccc(C(=O)c2c(N)sc3c2CCOC3)cc1. The summed E-state index contributed by atoms with van der Waals surface area (Å²) in [6.07, 6.45) is 0.735. The van der Waals surface area contributed by atoms with Crippen LogP contribution in [0, 0.1) is 25.2 Å². The van der Waals surface area contributed by atoms with Crippen molar-refractivity contribution >= 4 is 27.9 Å². The lowest BCUT2D eigenvalue weighted by molar-refractivity contribution is 0.0995. The Morgan fingerprint density at radius 1 is 1.03 bits per heavy atom. The van der Waals surface area contributed by atoms with Gasteiger partial charge in [0.2, 0.25) is 0 Å². The second-order valence-electron chi connectivity index (χ2n) is 7.36. The first-order chi connectivity index (χ1) is 14.9. The highest BCUT2D eigenvalue weighted by Gasteiger charge is 2.25. The van der Waals surface area contributed by atoms with Gasteiger partial charge in [-0.25, -0.2) is 0 Å². The summed E-state index contributed by atoms with van der Waals surface area (Å²) in [5.74, 6) is -0.0885. The second-order valence-corrected chi connectivity index (χ2v) is 8.50. The van der Waals surface area contributed by atoms with Gasteiger partial charge in [-0.3, -0.25) is 9.59 Å². The number of hydrogen-bond acceptors (Lipinski definition) is 6. The van der Waals surface area contributed by atoms with Gasteiger partial charge >= 0.3 is 0 Å². The smallest absolute Gasteiger partial charge is 0.196 e. The second kappa shape index (κ2) is 10.2. The number of rotatable bonds is 4. The van der Waals surface area contributed by atoms with E-state index in [0.717, 1.165) is 28.0 Å². The minimum Gasteiger partial charge on any atom is -0.390 e. The summed E-state index contributed by atoms with van der Waals surface area (Å²) < 4.78 is 5.41. The van der Waals surface area contributed by atoms with Crippen LogP contribution in [0.25, 0.3) is 0 Å². The highest BCUT2D eigenvalue weighted by Crippen LogP contribution is 2.35. The van der Waals surface area contributed by atoms with Crippen molar-refractivity contribution in [2.45, 2.75) is 33.3 Å². The van der Waals surface area contributed by atoms with Crippen LogP contribution in [0.2, 0.25) is 0 Å². The van der Waals surface area contributed by atoms with Gasteiger partial charge in [0.15, 0.2) is 11.6 Å². The van der Waals surface area contributed by atoms with E-state index in [1.807, 2.05) is 56.3 Å². The van der Waals surface area contributed by atoms with Crippen LogP contribution in [-0.2, 0) is 17.8 Å². The number of ketones is 2. The van der Waals surface area contributed by atoms with E-state index in [1.165, 1.54) is 11.3 Å². The molecule has 1 aliphatic rings. The fourth-order valence-corrected chi connectivity index (χ4v) is 4.32. The summed E-state index contributed by atoms with van der Waals surface area (Å²) in [5, 5.41) is 8.89. The highest BCUT2D eigenvalue weighted by molar-refractivity contribution is 7.16. The molecule has 3 aromatic rings. The molecular formula is C25H24N2O3S. The van der Waals surface area contributed by atoms with Crippen LogP contribution < -0.4 is 5.73 Å². The molecule has 158 valence electrons. The summed E-state index contributed by atoms with van der Waals surface area (Å²) in [6, 6.07) is 16.7. The maximum absolute atomic E-state index is 12.6. The van der Waals surface area contributed by atoms with Gasteiger partial charge in [0, 0.05) is 16.0 Å². The Bertz CT molecular complexity index is 1120. The predicted octanol–water partition coefficient (Wildman–Crippen LogP) is 5.03. The molecule has 0 saturated heterocycles. The molecule has 0 bridgehead atoms. The fraction of sp³-hybridized carbons (Fsp3) is 0.240. The lowest BCUT2D eigenvalue weighted by Crippen LogP contribution is -2.12. The Kier molecular flexibility index (Phi) is 7.35. The molecule has 2 heterocycles. The number of nitrogen functional groups attached to an aromatic ring is 1. The molecule has 0 aliphatic carbocycles. The van der Waals surface area contributed by atoms with Crippen molar-refractivity contribution < 1.29 is 14.3 Å². The Labute approximate surface area is 186 Å². The summed E-state index contributed by atoms with van der Waals surface area (Å²) in [5.41, 5.74) is 11.4. The zero-order valence-electron chi connectivity index (χ0n) is 17.6. The summed E-state index contributed by atoms with van der Waals surface area (Å²) in [7, 11) is 0. The van der Waals surface area contributed by atoms with E-state index < -0.39 is 0 Å². The molecule has 31 heavy (non-hydrogen) atoms. The molecule has 4 rings (SSSR count). The number of anilines is 1. The molecule has 0 atom stereocenters. The highest BCUT2D eigenvalue weighted by atomic mass is 32.1. The third-order valence-corrected chi connectivity index (χ3v) is 6.04. The molecule has 0 spiro atoms. The number of thiophene rings is 1. The van der Waals surface area contributed by atoms with E-state index in [4.69, 9.17) is 15.7 Å². The normalized spacial score (nSPS) is 12.2. The zero-order valence-corrected chi connectivity index (χ0v) is 18.4. The third-order valence-electron chi connectivity index (χ3n) is 5.00. The lowest BCUT2D eigenvalue weighted by atomic mass is 9.97. The Morgan fingerprint density at radius 3 is 2.19 bits per heavy atom. The minimum atomic E-state index is -0.113. The number of nitriles is 1. The van der Waals surface area contributed by atoms with E-state index >= 15 is 0 Å². The van der Waals surface area contributed by atoms with Crippen molar-refractivity contribution in [2.24, 2.45) is 0 Å². The van der Waals surface area contributed by atoms with Crippen LogP contribution in [0.3, 0.4) is 0 Å². The van der Waals surface area contributed by atoms with Crippen molar-refractivity contribution in [2.75, 3.05) is 12.3 Å². The Hall–Kier alpha value is -3.27. The minimum absolute atomic E-state index is 0.0249. The van der Waals surface area contributed by atoms with Crippen LogP contribution >= 0.6 is 11.3 Å². The van der Waals surface area contributed by atoms with E-state index in [9.17, 15) is 9.59 Å². The molecular weight excluding hydrogens is 408 g/mol. The maximum atomic E-state index is 12.6. The first kappa shape index (κ1) is 22.4. The third kappa shape index (κ3) is 5.46. The number of nitrogens with two attached hydrogens (primary N) is 1. The first-order valence-corrected chi connectivity index (χ1v) is 10.8. The predicted molar refractivity (Wildman–Crippen MR) is 122 cm³/mol. The van der Waals surface area contributed by atoms with Gasteiger partial charge in [-0.15, -0.1) is 11.3 Å². The van der Waals surface area contributed by atoms with Gasteiger partial charge in [-0.2, -0.15) is 5.26 Å². The average Bonchev–Trinajstić information content (AvgIpc) is 3.10. The monoisotopic (exact) mass is 432 g/mol. The number of nitrogens with zero attached hydrogens (tertiary/aromatic N) is 1. The van der Waals surface area contributed by atoms with E-state index in [-0.39, 0.29) is 18.0 Å². The molecule has 1 aliphatic heterocycles. The largest absolute Gasteiger partial charge is 0.390 e. The quantitative estimate of drug-likeness (QED) is 0.583. The van der Waals surface area contributed by atoms with Gasteiger partial charge < -0.3 is 10.5 Å². The van der Waals surface area contributed by atoms with Gasteiger partial charge in [-0.05, 0) is 25.8 Å². The number of ether oxygens (including phenoxy) is 1. The molecule has 0 saturated carbocycles. The Morgan fingerprint density at radius 2 is 1.61 bits per heavy atom. The molecule has 0 radical (unpaired) electrons. The van der Waals surface area contributed by atoms with Crippen LogP contribution in [0.4, 0.5) is 5.00 Å². The van der Waals surface area contributed by atoms with Gasteiger partial charge in [0.1, 0.15) is 0 Å². The molecule has 0 fully saturated rings. The van der Waals surface area contributed by atoms with Crippen molar-refractivity contribution in [1.82, 2.24) is 0 Å². The van der Waals surface area contributed by atoms with E-state index in [1.54, 1.807) is 12.1 Å². The van der Waals surface area contributed by atoms with Crippen LogP contribution in [0.5, 0.6) is 0 Å². The topological polar surface area (TPSA) is 93.2 Å². The van der Waals surface area contributed by atoms with Crippen LogP contribution in [0.15, 0.2) is 48.5 Å². The van der Waals surface area contributed by atoms with Gasteiger partial charge in [0.25, 0.3) is 0 Å². The summed E-state index contributed by atoms with van der Waals surface area (Å²) in [4.78, 5) is 24.8. The van der Waals surface area contributed by atoms with Crippen molar-refractivity contribution in [3.8, 4) is 6.07 Å². The molecule has 1 aromatic heterocycles. The number of aryl methyl sites for hydroxylation is 2.